The molecule has 0 aliphatic carbocycles. The van der Waals surface area contributed by atoms with E-state index in [9.17, 15) is 4.79 Å². The third-order valence-corrected chi connectivity index (χ3v) is 4.23. The fourth-order valence-corrected chi connectivity index (χ4v) is 2.82. The first-order valence-electron chi connectivity index (χ1n) is 9.03. The highest BCUT2D eigenvalue weighted by atomic mass is 35.5. The topological polar surface area (TPSA) is 47.6 Å². The number of hydrogen-bond donors (Lipinski definition) is 1. The third kappa shape index (κ3) is 5.51. The van der Waals surface area contributed by atoms with Crippen LogP contribution >= 0.6 is 11.6 Å². The van der Waals surface area contributed by atoms with E-state index in [4.69, 9.17) is 21.1 Å². The van der Waals surface area contributed by atoms with Gasteiger partial charge in [-0.05, 0) is 36.8 Å². The van der Waals surface area contributed by atoms with Crippen molar-refractivity contribution in [1.82, 2.24) is 0 Å². The molecule has 28 heavy (non-hydrogen) atoms. The zero-order chi connectivity index (χ0) is 19.8. The van der Waals surface area contributed by atoms with Crippen molar-refractivity contribution in [2.24, 2.45) is 0 Å². The summed E-state index contributed by atoms with van der Waals surface area (Å²) in [6.45, 7) is 2.44. The lowest BCUT2D eigenvalue weighted by Gasteiger charge is -2.14. The highest BCUT2D eigenvalue weighted by Crippen LogP contribution is 2.28. The lowest BCUT2D eigenvalue weighted by atomic mass is 10.1. The van der Waals surface area contributed by atoms with Crippen LogP contribution < -0.4 is 14.8 Å². The average molecular weight is 396 g/mol. The molecule has 3 rings (SSSR count). The summed E-state index contributed by atoms with van der Waals surface area (Å²) in [7, 11) is 0. The van der Waals surface area contributed by atoms with E-state index in [0.29, 0.717) is 41.8 Å². The van der Waals surface area contributed by atoms with Crippen molar-refractivity contribution >= 4 is 28.8 Å². The highest BCUT2D eigenvalue weighted by Gasteiger charge is 2.10. The van der Waals surface area contributed by atoms with E-state index in [1.54, 1.807) is 13.0 Å². The van der Waals surface area contributed by atoms with Gasteiger partial charge in [0.25, 0.3) is 0 Å². The maximum atomic E-state index is 12.0. The van der Waals surface area contributed by atoms with Crippen LogP contribution in [0.1, 0.15) is 22.8 Å². The molecule has 3 aromatic rings. The fraction of sp³-hybridized carbons (Fsp3) is 0.174. The van der Waals surface area contributed by atoms with Gasteiger partial charge in [-0.3, -0.25) is 4.79 Å². The maximum Gasteiger partial charge on any atom is 0.161 e. The van der Waals surface area contributed by atoms with Gasteiger partial charge in [0, 0.05) is 23.4 Å². The van der Waals surface area contributed by atoms with E-state index in [2.05, 4.69) is 5.32 Å². The van der Waals surface area contributed by atoms with Gasteiger partial charge in [0.2, 0.25) is 0 Å². The molecule has 0 unspecified atom stereocenters. The molecule has 144 valence electrons. The minimum absolute atomic E-state index is 0.0216. The van der Waals surface area contributed by atoms with E-state index in [1.807, 2.05) is 66.7 Å². The summed E-state index contributed by atoms with van der Waals surface area (Å²) in [6, 6.07) is 22.9. The van der Waals surface area contributed by atoms with Crippen LogP contribution in [-0.4, -0.2) is 18.3 Å². The van der Waals surface area contributed by atoms with Gasteiger partial charge in [-0.15, -0.1) is 11.6 Å². The van der Waals surface area contributed by atoms with Crippen LogP contribution in [-0.2, 0) is 6.61 Å². The summed E-state index contributed by atoms with van der Waals surface area (Å²) in [4.78, 5) is 12.0. The second-order valence-corrected chi connectivity index (χ2v) is 6.61. The van der Waals surface area contributed by atoms with Gasteiger partial charge in [-0.2, -0.15) is 0 Å². The van der Waals surface area contributed by atoms with E-state index < -0.39 is 0 Å². The molecule has 0 saturated carbocycles. The molecule has 1 N–H and O–H groups in total. The van der Waals surface area contributed by atoms with E-state index in [1.165, 1.54) is 0 Å². The Morgan fingerprint density at radius 3 is 2.46 bits per heavy atom. The molecule has 3 aromatic carbocycles. The Balaban J connectivity index is 1.79. The summed E-state index contributed by atoms with van der Waals surface area (Å²) in [5, 5.41) is 3.30. The Kier molecular flexibility index (Phi) is 6.93. The first-order valence-corrected chi connectivity index (χ1v) is 9.57. The van der Waals surface area contributed by atoms with E-state index in [0.717, 1.165) is 11.3 Å². The number of Topliss-reactive ketones (excluding diaryl/α,β-unsaturated/α-hetero) is 1. The molecule has 0 aromatic heterocycles. The van der Waals surface area contributed by atoms with Gasteiger partial charge in [0.05, 0.1) is 11.6 Å². The van der Waals surface area contributed by atoms with Crippen LogP contribution in [0.15, 0.2) is 72.8 Å². The number of anilines is 2. The van der Waals surface area contributed by atoms with Crippen LogP contribution in [0.3, 0.4) is 0 Å². The number of nitrogens with one attached hydrogen (secondary N) is 1. The van der Waals surface area contributed by atoms with Crippen LogP contribution in [0.5, 0.6) is 11.5 Å². The van der Waals surface area contributed by atoms with Crippen LogP contribution in [0, 0.1) is 0 Å². The van der Waals surface area contributed by atoms with Crippen molar-refractivity contribution in [3.63, 3.8) is 0 Å². The quantitative estimate of drug-likeness (QED) is 0.366. The summed E-state index contributed by atoms with van der Waals surface area (Å²) < 4.78 is 11.5. The first kappa shape index (κ1) is 19.8. The molecular formula is C23H22ClNO3. The number of hydrogen-bond acceptors (Lipinski definition) is 4. The highest BCUT2D eigenvalue weighted by molar-refractivity contribution is 6.18. The zero-order valence-corrected chi connectivity index (χ0v) is 16.4. The zero-order valence-electron chi connectivity index (χ0n) is 15.7. The van der Waals surface area contributed by atoms with Crippen molar-refractivity contribution in [3.8, 4) is 11.5 Å². The molecule has 0 aliphatic heterocycles. The van der Waals surface area contributed by atoms with Crippen LogP contribution in [0.4, 0.5) is 11.4 Å². The molecule has 0 radical (unpaired) electrons. The monoisotopic (exact) mass is 395 g/mol. The molecular weight excluding hydrogens is 374 g/mol. The largest absolute Gasteiger partial charge is 0.492 e. The number of rotatable bonds is 9. The van der Waals surface area contributed by atoms with Crippen molar-refractivity contribution in [3.05, 3.63) is 83.9 Å². The lowest BCUT2D eigenvalue weighted by molar-refractivity contribution is 0.101. The van der Waals surface area contributed by atoms with E-state index in [-0.39, 0.29) is 5.78 Å². The van der Waals surface area contributed by atoms with Crippen molar-refractivity contribution in [1.29, 1.82) is 0 Å². The number of ether oxygens (including phenoxy) is 2. The second kappa shape index (κ2) is 9.81. The predicted molar refractivity (Wildman–Crippen MR) is 113 cm³/mol. The number of carbonyl (C=O) groups is 1. The van der Waals surface area contributed by atoms with Gasteiger partial charge in [0.1, 0.15) is 24.7 Å². The second-order valence-electron chi connectivity index (χ2n) is 6.23. The van der Waals surface area contributed by atoms with Gasteiger partial charge in [-0.1, -0.05) is 36.4 Å². The third-order valence-electron chi connectivity index (χ3n) is 4.08. The van der Waals surface area contributed by atoms with Gasteiger partial charge < -0.3 is 14.8 Å². The smallest absolute Gasteiger partial charge is 0.161 e. The lowest BCUT2D eigenvalue weighted by Crippen LogP contribution is -2.03. The molecule has 5 heteroatoms. The molecule has 0 atom stereocenters. The molecule has 0 aliphatic rings. The predicted octanol–water partition coefficient (Wildman–Crippen LogP) is 5.83. The normalized spacial score (nSPS) is 10.4. The Bertz CT molecular complexity index is 928. The Morgan fingerprint density at radius 2 is 1.71 bits per heavy atom. The molecule has 0 saturated heterocycles. The number of ketones is 1. The number of halogens is 1. The van der Waals surface area contributed by atoms with Gasteiger partial charge in [-0.25, -0.2) is 0 Å². The first-order chi connectivity index (χ1) is 13.7. The van der Waals surface area contributed by atoms with Crippen LogP contribution in [0.2, 0.25) is 0 Å². The molecule has 0 spiro atoms. The molecule has 0 amide bonds. The number of alkyl halides is 1. The summed E-state index contributed by atoms with van der Waals surface area (Å²) in [5.74, 6) is 1.80. The molecule has 0 bridgehead atoms. The summed E-state index contributed by atoms with van der Waals surface area (Å²) >= 11 is 5.68. The Hall–Kier alpha value is -2.98. The summed E-state index contributed by atoms with van der Waals surface area (Å²) in [5.41, 5.74) is 3.18. The SMILES string of the molecule is CC(=O)c1ccc(OCc2ccccc2)cc1Nc1cccc(OCCCl)c1. The minimum atomic E-state index is -0.0216. The molecule has 0 heterocycles. The Labute approximate surface area is 170 Å². The maximum absolute atomic E-state index is 12.0. The molecule has 0 fully saturated rings. The standard InChI is InChI=1S/C23H22ClNO3/c1-17(26)22-11-10-21(28-16-18-6-3-2-4-7-18)15-23(22)25-19-8-5-9-20(14-19)27-13-12-24/h2-11,14-15,25H,12-13,16H2,1H3. The fourth-order valence-electron chi connectivity index (χ4n) is 2.74. The van der Waals surface area contributed by atoms with Gasteiger partial charge >= 0.3 is 0 Å². The Morgan fingerprint density at radius 1 is 0.929 bits per heavy atom. The van der Waals surface area contributed by atoms with Crippen molar-refractivity contribution < 1.29 is 14.3 Å². The van der Waals surface area contributed by atoms with Crippen molar-refractivity contribution in [2.45, 2.75) is 13.5 Å². The minimum Gasteiger partial charge on any atom is -0.492 e. The number of carbonyl (C=O) groups excluding carboxylic acids is 1. The summed E-state index contributed by atoms with van der Waals surface area (Å²) in [6.07, 6.45) is 0. The van der Waals surface area contributed by atoms with Crippen LogP contribution in [0.25, 0.3) is 0 Å². The number of benzene rings is 3. The molecule has 4 nitrogen and oxygen atoms in total. The van der Waals surface area contributed by atoms with E-state index >= 15 is 0 Å². The van der Waals surface area contributed by atoms with Crippen molar-refractivity contribution in [2.75, 3.05) is 17.8 Å². The van der Waals surface area contributed by atoms with Gasteiger partial charge in [0.15, 0.2) is 5.78 Å². The average Bonchev–Trinajstić information content (AvgIpc) is 2.72.